The SMILES string of the molecule is COc1ccccc1OCCN1CCC(C(=O)c2ccccc2)CC1. The maximum absolute atomic E-state index is 12.5. The zero-order valence-corrected chi connectivity index (χ0v) is 14.7. The Kier molecular flexibility index (Phi) is 6.07. The van der Waals surface area contributed by atoms with Crippen LogP contribution in [0.3, 0.4) is 0 Å². The summed E-state index contributed by atoms with van der Waals surface area (Å²) in [6.07, 6.45) is 1.84. The number of ketones is 1. The van der Waals surface area contributed by atoms with Gasteiger partial charge in [0, 0.05) is 18.0 Å². The van der Waals surface area contributed by atoms with Gasteiger partial charge in [0.05, 0.1) is 7.11 Å². The van der Waals surface area contributed by atoms with Crippen LogP contribution in [0.1, 0.15) is 23.2 Å². The molecule has 0 aliphatic carbocycles. The Balaban J connectivity index is 1.43. The summed E-state index contributed by atoms with van der Waals surface area (Å²) in [6.45, 7) is 3.37. The molecule has 2 aromatic carbocycles. The lowest BCUT2D eigenvalue weighted by Gasteiger charge is -2.31. The van der Waals surface area contributed by atoms with E-state index in [1.807, 2.05) is 54.6 Å². The van der Waals surface area contributed by atoms with Gasteiger partial charge in [0.1, 0.15) is 6.61 Å². The molecule has 1 saturated heterocycles. The average molecular weight is 339 g/mol. The number of carbonyl (C=O) groups excluding carboxylic acids is 1. The normalized spacial score (nSPS) is 15.7. The van der Waals surface area contributed by atoms with Crippen LogP contribution in [0.4, 0.5) is 0 Å². The molecule has 1 aliphatic heterocycles. The zero-order chi connectivity index (χ0) is 17.5. The number of para-hydroxylation sites is 2. The van der Waals surface area contributed by atoms with Crippen molar-refractivity contribution in [2.24, 2.45) is 5.92 Å². The van der Waals surface area contributed by atoms with Gasteiger partial charge in [-0.2, -0.15) is 0 Å². The monoisotopic (exact) mass is 339 g/mol. The summed E-state index contributed by atoms with van der Waals surface area (Å²) < 4.78 is 11.1. The molecule has 4 heteroatoms. The molecule has 0 N–H and O–H groups in total. The molecule has 1 aliphatic rings. The Labute approximate surface area is 149 Å². The molecule has 3 rings (SSSR count). The quantitative estimate of drug-likeness (QED) is 0.722. The Morgan fingerprint density at radius 2 is 1.64 bits per heavy atom. The van der Waals surface area contributed by atoms with Gasteiger partial charge in [0.25, 0.3) is 0 Å². The van der Waals surface area contributed by atoms with E-state index in [2.05, 4.69) is 4.90 Å². The van der Waals surface area contributed by atoms with E-state index < -0.39 is 0 Å². The number of carbonyl (C=O) groups is 1. The average Bonchev–Trinajstić information content (AvgIpc) is 2.69. The zero-order valence-electron chi connectivity index (χ0n) is 14.7. The molecular weight excluding hydrogens is 314 g/mol. The van der Waals surface area contributed by atoms with Gasteiger partial charge in [-0.3, -0.25) is 9.69 Å². The van der Waals surface area contributed by atoms with E-state index >= 15 is 0 Å². The van der Waals surface area contributed by atoms with Crippen molar-refractivity contribution >= 4 is 5.78 Å². The number of likely N-dealkylation sites (tertiary alicyclic amines) is 1. The van der Waals surface area contributed by atoms with Gasteiger partial charge >= 0.3 is 0 Å². The number of ether oxygens (including phenoxy) is 2. The van der Waals surface area contributed by atoms with Crippen molar-refractivity contribution in [3.8, 4) is 11.5 Å². The van der Waals surface area contributed by atoms with Crippen molar-refractivity contribution < 1.29 is 14.3 Å². The first kappa shape index (κ1) is 17.5. The molecule has 132 valence electrons. The van der Waals surface area contributed by atoms with Crippen molar-refractivity contribution in [1.82, 2.24) is 4.90 Å². The summed E-state index contributed by atoms with van der Waals surface area (Å²) >= 11 is 0. The molecule has 25 heavy (non-hydrogen) atoms. The number of benzene rings is 2. The molecule has 0 bridgehead atoms. The van der Waals surface area contributed by atoms with E-state index in [4.69, 9.17) is 9.47 Å². The van der Waals surface area contributed by atoms with Gasteiger partial charge in [-0.25, -0.2) is 0 Å². The molecule has 0 saturated carbocycles. The highest BCUT2D eigenvalue weighted by Crippen LogP contribution is 2.26. The van der Waals surface area contributed by atoms with Crippen LogP contribution < -0.4 is 9.47 Å². The number of hydrogen-bond donors (Lipinski definition) is 0. The second kappa shape index (κ2) is 8.67. The summed E-state index contributed by atoms with van der Waals surface area (Å²) in [5, 5.41) is 0. The van der Waals surface area contributed by atoms with Gasteiger partial charge < -0.3 is 9.47 Å². The summed E-state index contributed by atoms with van der Waals surface area (Å²) in [7, 11) is 1.65. The lowest BCUT2D eigenvalue weighted by Crippen LogP contribution is -2.38. The molecule has 1 heterocycles. The second-order valence-corrected chi connectivity index (χ2v) is 6.35. The third-order valence-electron chi connectivity index (χ3n) is 4.75. The lowest BCUT2D eigenvalue weighted by atomic mass is 9.89. The number of rotatable bonds is 7. The minimum atomic E-state index is 0.147. The number of methoxy groups -OCH3 is 1. The largest absolute Gasteiger partial charge is 0.493 e. The first-order valence-electron chi connectivity index (χ1n) is 8.85. The van der Waals surface area contributed by atoms with E-state index in [0.29, 0.717) is 6.61 Å². The van der Waals surface area contributed by atoms with Gasteiger partial charge in [-0.05, 0) is 38.1 Å². The minimum Gasteiger partial charge on any atom is -0.493 e. The predicted molar refractivity (Wildman–Crippen MR) is 98.4 cm³/mol. The molecular formula is C21H25NO3. The maximum atomic E-state index is 12.5. The predicted octanol–water partition coefficient (Wildman–Crippen LogP) is 3.67. The summed E-state index contributed by atoms with van der Waals surface area (Å²) in [5.74, 6) is 1.97. The fourth-order valence-corrected chi connectivity index (χ4v) is 3.28. The summed E-state index contributed by atoms with van der Waals surface area (Å²) in [4.78, 5) is 14.9. The molecule has 2 aromatic rings. The topological polar surface area (TPSA) is 38.8 Å². The maximum Gasteiger partial charge on any atom is 0.166 e. The minimum absolute atomic E-state index is 0.147. The van der Waals surface area contributed by atoms with Gasteiger partial charge in [-0.1, -0.05) is 42.5 Å². The van der Waals surface area contributed by atoms with Crippen LogP contribution in [0.25, 0.3) is 0 Å². The van der Waals surface area contributed by atoms with E-state index in [0.717, 1.165) is 49.5 Å². The van der Waals surface area contributed by atoms with Crippen LogP contribution in [0.15, 0.2) is 54.6 Å². The number of piperidine rings is 1. The highest BCUT2D eigenvalue weighted by molar-refractivity contribution is 5.97. The van der Waals surface area contributed by atoms with Crippen LogP contribution in [0.5, 0.6) is 11.5 Å². The molecule has 1 fully saturated rings. The van der Waals surface area contributed by atoms with E-state index in [9.17, 15) is 4.79 Å². The summed E-state index contributed by atoms with van der Waals surface area (Å²) in [6, 6.07) is 17.3. The molecule has 0 aromatic heterocycles. The van der Waals surface area contributed by atoms with Crippen LogP contribution in [-0.2, 0) is 0 Å². The smallest absolute Gasteiger partial charge is 0.166 e. The standard InChI is InChI=1S/C21H25NO3/c1-24-19-9-5-6-10-20(19)25-16-15-22-13-11-18(12-14-22)21(23)17-7-3-2-4-8-17/h2-10,18H,11-16H2,1H3. The van der Waals surface area contributed by atoms with Gasteiger partial charge in [0.2, 0.25) is 0 Å². The fourth-order valence-electron chi connectivity index (χ4n) is 3.28. The molecule has 0 amide bonds. The van der Waals surface area contributed by atoms with Gasteiger partial charge in [-0.15, -0.1) is 0 Å². The first-order chi connectivity index (χ1) is 12.3. The van der Waals surface area contributed by atoms with Crippen molar-refractivity contribution in [2.75, 3.05) is 33.4 Å². The second-order valence-electron chi connectivity index (χ2n) is 6.35. The highest BCUT2D eigenvalue weighted by atomic mass is 16.5. The Hall–Kier alpha value is -2.33. The van der Waals surface area contributed by atoms with Gasteiger partial charge in [0.15, 0.2) is 17.3 Å². The Bertz CT molecular complexity index is 679. The molecule has 4 nitrogen and oxygen atoms in total. The van der Waals surface area contributed by atoms with Crippen molar-refractivity contribution in [3.63, 3.8) is 0 Å². The number of hydrogen-bond acceptors (Lipinski definition) is 4. The van der Waals surface area contributed by atoms with Crippen LogP contribution in [0, 0.1) is 5.92 Å². The molecule has 0 atom stereocenters. The Morgan fingerprint density at radius 1 is 1.00 bits per heavy atom. The third kappa shape index (κ3) is 4.60. The van der Waals surface area contributed by atoms with Crippen molar-refractivity contribution in [3.05, 3.63) is 60.2 Å². The van der Waals surface area contributed by atoms with Crippen molar-refractivity contribution in [1.29, 1.82) is 0 Å². The van der Waals surface area contributed by atoms with Crippen molar-refractivity contribution in [2.45, 2.75) is 12.8 Å². The number of Topliss-reactive ketones (excluding diaryl/α,β-unsaturated/α-hetero) is 1. The lowest BCUT2D eigenvalue weighted by molar-refractivity contribution is 0.0827. The molecule has 0 radical (unpaired) electrons. The fraction of sp³-hybridized carbons (Fsp3) is 0.381. The van der Waals surface area contributed by atoms with E-state index in [-0.39, 0.29) is 11.7 Å². The third-order valence-corrected chi connectivity index (χ3v) is 4.75. The van der Waals surface area contributed by atoms with Crippen LogP contribution >= 0.6 is 0 Å². The van der Waals surface area contributed by atoms with Crippen LogP contribution in [0.2, 0.25) is 0 Å². The van der Waals surface area contributed by atoms with Crippen LogP contribution in [-0.4, -0.2) is 44.0 Å². The molecule has 0 unspecified atom stereocenters. The van der Waals surface area contributed by atoms with E-state index in [1.54, 1.807) is 7.11 Å². The van der Waals surface area contributed by atoms with E-state index in [1.165, 1.54) is 0 Å². The highest BCUT2D eigenvalue weighted by Gasteiger charge is 2.25. The summed E-state index contributed by atoms with van der Waals surface area (Å²) in [5.41, 5.74) is 0.834. The Morgan fingerprint density at radius 3 is 2.32 bits per heavy atom. The first-order valence-corrected chi connectivity index (χ1v) is 8.85. The molecule has 0 spiro atoms. The number of nitrogens with zero attached hydrogens (tertiary/aromatic N) is 1.